The number of likely N-dealkylation sites (tertiary alicyclic amines) is 1. The molecule has 1 saturated heterocycles. The Morgan fingerprint density at radius 1 is 1.79 bits per heavy atom. The van der Waals surface area contributed by atoms with Crippen LogP contribution in [0.15, 0.2) is 12.2 Å². The van der Waals surface area contributed by atoms with Crippen LogP contribution in [0.3, 0.4) is 0 Å². The molecule has 0 bridgehead atoms. The zero-order chi connectivity index (χ0) is 10.7. The monoisotopic (exact) mass is 194 g/mol. The highest BCUT2D eigenvalue weighted by atomic mass is 16.3. The molecule has 2 unspecified atom stereocenters. The van der Waals surface area contributed by atoms with Crippen LogP contribution in [0.25, 0.3) is 0 Å². The molecule has 0 aromatic carbocycles. The van der Waals surface area contributed by atoms with E-state index < -0.39 is 6.04 Å². The van der Waals surface area contributed by atoms with E-state index >= 15 is 0 Å². The molecule has 0 radical (unpaired) electrons. The Morgan fingerprint density at radius 3 is 2.86 bits per heavy atom. The van der Waals surface area contributed by atoms with E-state index in [1.807, 2.05) is 0 Å². The van der Waals surface area contributed by atoms with E-state index in [9.17, 15) is 4.79 Å². The predicted octanol–water partition coefficient (Wildman–Crippen LogP) is 0.295. The van der Waals surface area contributed by atoms with Gasteiger partial charge < -0.3 is 10.0 Å². The highest BCUT2D eigenvalue weighted by Crippen LogP contribution is 2.29. The van der Waals surface area contributed by atoms with Gasteiger partial charge in [0.25, 0.3) is 0 Å². The summed E-state index contributed by atoms with van der Waals surface area (Å²) in [4.78, 5) is 12.7. The standard InChI is InChI=1S/C10H14N2O2/c1-7(6-13)9-3-4-12(8(2)14)10(9)5-11/h9-10,13H,1,3-4,6H2,2H3. The summed E-state index contributed by atoms with van der Waals surface area (Å²) in [6.07, 6.45) is 0.719. The second kappa shape index (κ2) is 4.25. The Kier molecular flexibility index (Phi) is 3.26. The molecule has 0 saturated carbocycles. The van der Waals surface area contributed by atoms with Gasteiger partial charge in [0.1, 0.15) is 6.04 Å². The van der Waals surface area contributed by atoms with Gasteiger partial charge in [0.05, 0.1) is 12.7 Å². The molecular formula is C10H14N2O2. The highest BCUT2D eigenvalue weighted by molar-refractivity contribution is 5.74. The van der Waals surface area contributed by atoms with Gasteiger partial charge in [0, 0.05) is 19.4 Å². The van der Waals surface area contributed by atoms with Gasteiger partial charge in [0.15, 0.2) is 0 Å². The van der Waals surface area contributed by atoms with Gasteiger partial charge in [0.2, 0.25) is 5.91 Å². The van der Waals surface area contributed by atoms with Crippen molar-refractivity contribution in [2.45, 2.75) is 19.4 Å². The molecule has 76 valence electrons. The molecule has 0 aliphatic carbocycles. The summed E-state index contributed by atoms with van der Waals surface area (Å²) in [7, 11) is 0. The first kappa shape index (κ1) is 10.7. The second-order valence-electron chi connectivity index (χ2n) is 3.50. The van der Waals surface area contributed by atoms with Crippen LogP contribution >= 0.6 is 0 Å². The number of nitrogens with zero attached hydrogens (tertiary/aromatic N) is 2. The maximum Gasteiger partial charge on any atom is 0.220 e. The van der Waals surface area contributed by atoms with Crippen molar-refractivity contribution in [2.75, 3.05) is 13.2 Å². The van der Waals surface area contributed by atoms with Gasteiger partial charge in [-0.15, -0.1) is 0 Å². The number of amides is 1. The van der Waals surface area contributed by atoms with Gasteiger partial charge in [-0.05, 0) is 12.0 Å². The fraction of sp³-hybridized carbons (Fsp3) is 0.600. The average molecular weight is 194 g/mol. The van der Waals surface area contributed by atoms with E-state index in [0.717, 1.165) is 6.42 Å². The molecular weight excluding hydrogens is 180 g/mol. The minimum atomic E-state index is -0.452. The van der Waals surface area contributed by atoms with Crippen molar-refractivity contribution in [3.05, 3.63) is 12.2 Å². The van der Waals surface area contributed by atoms with Gasteiger partial charge in [-0.1, -0.05) is 6.58 Å². The number of hydrogen-bond donors (Lipinski definition) is 1. The Hall–Kier alpha value is -1.34. The first-order valence-electron chi connectivity index (χ1n) is 4.57. The van der Waals surface area contributed by atoms with E-state index in [4.69, 9.17) is 10.4 Å². The molecule has 1 aliphatic rings. The van der Waals surface area contributed by atoms with Crippen LogP contribution in [-0.2, 0) is 4.79 Å². The lowest BCUT2D eigenvalue weighted by Crippen LogP contribution is -2.35. The summed E-state index contributed by atoms with van der Waals surface area (Å²) in [5, 5.41) is 17.9. The topological polar surface area (TPSA) is 64.3 Å². The van der Waals surface area contributed by atoms with Crippen LogP contribution in [0, 0.1) is 17.2 Å². The third-order valence-electron chi connectivity index (χ3n) is 2.66. The first-order valence-corrected chi connectivity index (χ1v) is 4.57. The molecule has 0 spiro atoms. The van der Waals surface area contributed by atoms with E-state index in [1.54, 1.807) is 0 Å². The third kappa shape index (κ3) is 1.78. The summed E-state index contributed by atoms with van der Waals surface area (Å²) < 4.78 is 0. The number of aliphatic hydroxyl groups is 1. The van der Waals surface area contributed by atoms with Gasteiger partial charge in [-0.25, -0.2) is 0 Å². The second-order valence-corrected chi connectivity index (χ2v) is 3.50. The van der Waals surface area contributed by atoms with Crippen LogP contribution in [-0.4, -0.2) is 35.1 Å². The van der Waals surface area contributed by atoms with E-state index in [-0.39, 0.29) is 18.4 Å². The maximum atomic E-state index is 11.2. The van der Waals surface area contributed by atoms with Crippen molar-refractivity contribution in [3.63, 3.8) is 0 Å². The highest BCUT2D eigenvalue weighted by Gasteiger charge is 2.36. The van der Waals surface area contributed by atoms with Crippen molar-refractivity contribution in [3.8, 4) is 6.07 Å². The summed E-state index contributed by atoms with van der Waals surface area (Å²) >= 11 is 0. The van der Waals surface area contributed by atoms with Crippen molar-refractivity contribution in [1.29, 1.82) is 5.26 Å². The fourth-order valence-electron chi connectivity index (χ4n) is 1.85. The number of carbonyl (C=O) groups is 1. The van der Waals surface area contributed by atoms with Crippen molar-refractivity contribution < 1.29 is 9.90 Å². The molecule has 1 fully saturated rings. The summed E-state index contributed by atoms with van der Waals surface area (Å²) in [6, 6.07) is 1.64. The van der Waals surface area contributed by atoms with Gasteiger partial charge in [-0.2, -0.15) is 5.26 Å². The number of rotatable bonds is 2. The van der Waals surface area contributed by atoms with E-state index in [1.165, 1.54) is 11.8 Å². The van der Waals surface area contributed by atoms with Crippen molar-refractivity contribution >= 4 is 5.91 Å². The van der Waals surface area contributed by atoms with E-state index in [2.05, 4.69) is 12.6 Å². The molecule has 14 heavy (non-hydrogen) atoms. The Balaban J connectivity index is 2.80. The Labute approximate surface area is 83.4 Å². The van der Waals surface area contributed by atoms with Crippen LogP contribution in [0.1, 0.15) is 13.3 Å². The lowest BCUT2D eigenvalue weighted by atomic mass is 9.94. The number of aliphatic hydroxyl groups excluding tert-OH is 1. The van der Waals surface area contributed by atoms with Gasteiger partial charge in [-0.3, -0.25) is 4.79 Å². The lowest BCUT2D eigenvalue weighted by molar-refractivity contribution is -0.128. The molecule has 0 aromatic heterocycles. The summed E-state index contributed by atoms with van der Waals surface area (Å²) in [6.45, 7) is 5.63. The van der Waals surface area contributed by atoms with Crippen molar-refractivity contribution in [1.82, 2.24) is 4.90 Å². The molecule has 1 amide bonds. The van der Waals surface area contributed by atoms with E-state index in [0.29, 0.717) is 12.1 Å². The SMILES string of the molecule is C=C(CO)C1CCN(C(C)=O)C1C#N. The zero-order valence-corrected chi connectivity index (χ0v) is 8.23. The lowest BCUT2D eigenvalue weighted by Gasteiger charge is -2.21. The quantitative estimate of drug-likeness (QED) is 0.643. The normalized spacial score (nSPS) is 25.9. The Bertz CT molecular complexity index is 293. The molecule has 1 heterocycles. The molecule has 1 rings (SSSR count). The summed E-state index contributed by atoms with van der Waals surface area (Å²) in [5.41, 5.74) is 0.639. The van der Waals surface area contributed by atoms with Gasteiger partial charge >= 0.3 is 0 Å². The minimum Gasteiger partial charge on any atom is -0.392 e. The minimum absolute atomic E-state index is 0.0751. The van der Waals surface area contributed by atoms with Crippen LogP contribution in [0.5, 0.6) is 0 Å². The van der Waals surface area contributed by atoms with Crippen LogP contribution in [0.4, 0.5) is 0 Å². The average Bonchev–Trinajstić information content (AvgIpc) is 2.59. The predicted molar refractivity (Wildman–Crippen MR) is 51.1 cm³/mol. The number of hydrogen-bond acceptors (Lipinski definition) is 3. The summed E-state index contributed by atoms with van der Waals surface area (Å²) in [5.74, 6) is -0.168. The number of carbonyl (C=O) groups excluding carboxylic acids is 1. The Morgan fingerprint density at radius 2 is 2.43 bits per heavy atom. The molecule has 1 N–H and O–H groups in total. The number of nitriles is 1. The zero-order valence-electron chi connectivity index (χ0n) is 8.23. The van der Waals surface area contributed by atoms with Crippen molar-refractivity contribution in [2.24, 2.45) is 5.92 Å². The molecule has 0 aromatic rings. The smallest absolute Gasteiger partial charge is 0.220 e. The molecule has 4 nitrogen and oxygen atoms in total. The van der Waals surface area contributed by atoms with Crippen LogP contribution in [0.2, 0.25) is 0 Å². The van der Waals surface area contributed by atoms with Crippen LogP contribution < -0.4 is 0 Å². The molecule has 2 atom stereocenters. The first-order chi connectivity index (χ1) is 6.61. The maximum absolute atomic E-state index is 11.2. The molecule has 4 heteroatoms. The third-order valence-corrected chi connectivity index (χ3v) is 2.66. The fourth-order valence-corrected chi connectivity index (χ4v) is 1.85. The largest absolute Gasteiger partial charge is 0.392 e. The molecule has 1 aliphatic heterocycles.